The van der Waals surface area contributed by atoms with E-state index in [0.29, 0.717) is 12.8 Å². The van der Waals surface area contributed by atoms with Crippen molar-refractivity contribution in [2.24, 2.45) is 11.8 Å². The molecule has 1 heterocycles. The summed E-state index contributed by atoms with van der Waals surface area (Å²) in [4.78, 5) is 38.7. The van der Waals surface area contributed by atoms with Crippen LogP contribution in [0, 0.1) is 11.8 Å². The van der Waals surface area contributed by atoms with Gasteiger partial charge >= 0.3 is 0 Å². The fourth-order valence-corrected chi connectivity index (χ4v) is 5.95. The van der Waals surface area contributed by atoms with Crippen LogP contribution in [0.3, 0.4) is 0 Å². The molecule has 0 unspecified atom stereocenters. The first-order valence-corrected chi connectivity index (χ1v) is 12.7. The monoisotopic (exact) mass is 505 g/mol. The van der Waals surface area contributed by atoms with Gasteiger partial charge in [-0.05, 0) is 43.2 Å². The summed E-state index contributed by atoms with van der Waals surface area (Å²) in [6.45, 7) is -0.420. The summed E-state index contributed by atoms with van der Waals surface area (Å²) in [7, 11) is -2.80. The van der Waals surface area contributed by atoms with E-state index in [0.717, 1.165) is 17.7 Å². The first-order valence-electron chi connectivity index (χ1n) is 10.8. The molecule has 1 saturated heterocycles. The lowest BCUT2D eigenvalue weighted by molar-refractivity contribution is -0.142. The van der Waals surface area contributed by atoms with Crippen LogP contribution >= 0.6 is 11.6 Å². The third-order valence-corrected chi connectivity index (χ3v) is 7.81. The third kappa shape index (κ3) is 4.74. The number of hydrogen-bond donors (Lipinski definition) is 2. The molecule has 0 bridgehead atoms. The quantitative estimate of drug-likeness (QED) is 0.557. The highest BCUT2D eigenvalue weighted by atomic mass is 35.5. The fraction of sp³-hybridized carbons (Fsp3) is 0.348. The number of para-hydroxylation sites is 1. The van der Waals surface area contributed by atoms with Crippen LogP contribution in [0.1, 0.15) is 25.7 Å². The molecule has 2 aliphatic rings. The van der Waals surface area contributed by atoms with E-state index < -0.39 is 22.5 Å². The number of likely N-dealkylation sites (tertiary alicyclic amines) is 1. The van der Waals surface area contributed by atoms with Gasteiger partial charge in [0.25, 0.3) is 10.0 Å². The minimum absolute atomic E-state index is 0.0616. The van der Waals surface area contributed by atoms with Crippen LogP contribution in [-0.2, 0) is 24.4 Å². The Morgan fingerprint density at radius 2 is 1.74 bits per heavy atom. The summed E-state index contributed by atoms with van der Waals surface area (Å²) < 4.78 is 33.6. The van der Waals surface area contributed by atoms with E-state index >= 15 is 0 Å². The fourth-order valence-electron chi connectivity index (χ4n) is 4.44. The molecule has 11 heteroatoms. The van der Waals surface area contributed by atoms with E-state index in [1.165, 1.54) is 31.4 Å². The second-order valence-electron chi connectivity index (χ2n) is 8.26. The Hall–Kier alpha value is -3.11. The van der Waals surface area contributed by atoms with Gasteiger partial charge in [0.15, 0.2) is 0 Å². The summed E-state index contributed by atoms with van der Waals surface area (Å²) in [5.74, 6) is -1.86. The van der Waals surface area contributed by atoms with E-state index in [1.54, 1.807) is 18.2 Å². The molecule has 4 rings (SSSR count). The van der Waals surface area contributed by atoms with Crippen LogP contribution in [0.25, 0.3) is 0 Å². The molecule has 2 aromatic rings. The highest BCUT2D eigenvalue weighted by Gasteiger charge is 2.48. The molecule has 2 fully saturated rings. The molecule has 180 valence electrons. The van der Waals surface area contributed by atoms with Gasteiger partial charge in [0.1, 0.15) is 17.2 Å². The number of nitrogens with zero attached hydrogens (tertiary/aromatic N) is 1. The van der Waals surface area contributed by atoms with Crippen molar-refractivity contribution in [3.05, 3.63) is 47.5 Å². The van der Waals surface area contributed by atoms with Gasteiger partial charge in [0.05, 0.1) is 29.7 Å². The average molecular weight is 506 g/mol. The average Bonchev–Trinajstić information content (AvgIpc) is 3.05. The number of carbonyl (C=O) groups excluding carboxylic acids is 3. The lowest BCUT2D eigenvalue weighted by Gasteiger charge is -2.19. The van der Waals surface area contributed by atoms with Crippen molar-refractivity contribution in [3.63, 3.8) is 0 Å². The van der Waals surface area contributed by atoms with Crippen molar-refractivity contribution in [1.82, 2.24) is 4.90 Å². The number of fused-ring (bicyclic) bond motifs is 1. The Kier molecular flexibility index (Phi) is 6.81. The molecule has 1 aliphatic heterocycles. The van der Waals surface area contributed by atoms with E-state index in [4.69, 9.17) is 16.3 Å². The maximum Gasteiger partial charge on any atom is 0.265 e. The molecule has 34 heavy (non-hydrogen) atoms. The van der Waals surface area contributed by atoms with Crippen molar-refractivity contribution < 1.29 is 27.5 Å². The SMILES string of the molecule is COc1ccc(NC(=O)CN2C(=O)[C@@H]3CCCC[C@H]3C2=O)cc1S(=O)(=O)Nc1ccccc1Cl. The number of benzene rings is 2. The molecule has 1 saturated carbocycles. The first-order chi connectivity index (χ1) is 16.2. The second kappa shape index (κ2) is 9.63. The zero-order chi connectivity index (χ0) is 24.5. The topological polar surface area (TPSA) is 122 Å². The number of halogens is 1. The number of anilines is 2. The second-order valence-corrected chi connectivity index (χ2v) is 10.3. The largest absolute Gasteiger partial charge is 0.495 e. The highest BCUT2D eigenvalue weighted by Crippen LogP contribution is 2.38. The maximum atomic E-state index is 13.0. The molecule has 0 spiro atoms. The third-order valence-electron chi connectivity index (χ3n) is 6.09. The minimum Gasteiger partial charge on any atom is -0.495 e. The van der Waals surface area contributed by atoms with Crippen LogP contribution in [0.5, 0.6) is 5.75 Å². The predicted molar refractivity (Wildman–Crippen MR) is 126 cm³/mol. The standard InChI is InChI=1S/C23H24ClN3O6S/c1-33-19-11-10-14(12-20(19)34(31,32)26-18-9-5-4-8-17(18)24)25-21(28)13-27-22(29)15-6-2-3-7-16(15)23(27)30/h4-5,8-12,15-16,26H,2-3,6-7,13H2,1H3,(H,25,28)/t15-,16-/m1/s1. The van der Waals surface area contributed by atoms with Gasteiger partial charge in [0, 0.05) is 5.69 Å². The van der Waals surface area contributed by atoms with Gasteiger partial charge in [-0.1, -0.05) is 36.6 Å². The smallest absolute Gasteiger partial charge is 0.265 e. The summed E-state index contributed by atoms with van der Waals surface area (Å²) in [6, 6.07) is 10.5. The van der Waals surface area contributed by atoms with Crippen molar-refractivity contribution >= 4 is 50.7 Å². The molecular weight excluding hydrogens is 482 g/mol. The molecule has 3 amide bonds. The number of amides is 3. The van der Waals surface area contributed by atoms with Gasteiger partial charge in [-0.15, -0.1) is 0 Å². The number of rotatable bonds is 7. The van der Waals surface area contributed by atoms with Crippen molar-refractivity contribution in [3.8, 4) is 5.75 Å². The number of imide groups is 1. The molecule has 2 N–H and O–H groups in total. The highest BCUT2D eigenvalue weighted by molar-refractivity contribution is 7.92. The summed E-state index contributed by atoms with van der Waals surface area (Å²) in [5.41, 5.74) is 0.357. The number of hydrogen-bond acceptors (Lipinski definition) is 6. The summed E-state index contributed by atoms with van der Waals surface area (Å²) in [6.07, 6.45) is 3.11. The van der Waals surface area contributed by atoms with E-state index in [2.05, 4.69) is 10.0 Å². The molecular formula is C23H24ClN3O6S. The van der Waals surface area contributed by atoms with Crippen molar-refractivity contribution in [1.29, 1.82) is 0 Å². The molecule has 2 aromatic carbocycles. The number of carbonyl (C=O) groups is 3. The summed E-state index contributed by atoms with van der Waals surface area (Å²) in [5, 5.41) is 2.79. The predicted octanol–water partition coefficient (Wildman–Crippen LogP) is 3.26. The van der Waals surface area contributed by atoms with E-state index in [-0.39, 0.29) is 50.7 Å². The van der Waals surface area contributed by atoms with Crippen molar-refractivity contribution in [2.75, 3.05) is 23.7 Å². The zero-order valence-electron chi connectivity index (χ0n) is 18.4. The van der Waals surface area contributed by atoms with E-state index in [1.807, 2.05) is 0 Å². The van der Waals surface area contributed by atoms with Crippen molar-refractivity contribution in [2.45, 2.75) is 30.6 Å². The minimum atomic E-state index is -4.12. The van der Waals surface area contributed by atoms with Crippen LogP contribution in [0.4, 0.5) is 11.4 Å². The van der Waals surface area contributed by atoms with Gasteiger partial charge < -0.3 is 10.1 Å². The van der Waals surface area contributed by atoms with Crippen LogP contribution in [0.2, 0.25) is 5.02 Å². The van der Waals surface area contributed by atoms with Gasteiger partial charge in [-0.3, -0.25) is 24.0 Å². The molecule has 9 nitrogen and oxygen atoms in total. The van der Waals surface area contributed by atoms with Gasteiger partial charge in [0.2, 0.25) is 17.7 Å². The van der Waals surface area contributed by atoms with Gasteiger partial charge in [-0.2, -0.15) is 0 Å². The normalized spacial score (nSPS) is 20.1. The zero-order valence-corrected chi connectivity index (χ0v) is 20.0. The Morgan fingerprint density at radius 3 is 2.35 bits per heavy atom. The Morgan fingerprint density at radius 1 is 1.09 bits per heavy atom. The maximum absolute atomic E-state index is 13.0. The summed E-state index contributed by atoms with van der Waals surface area (Å²) >= 11 is 6.07. The first kappa shape index (κ1) is 24.0. The lowest BCUT2D eigenvalue weighted by Crippen LogP contribution is -2.38. The molecule has 1 aliphatic carbocycles. The molecule has 0 radical (unpaired) electrons. The van der Waals surface area contributed by atoms with Crippen LogP contribution in [0.15, 0.2) is 47.4 Å². The number of ether oxygens (including phenoxy) is 1. The Labute approximate surface area is 202 Å². The lowest BCUT2D eigenvalue weighted by atomic mass is 9.81. The number of methoxy groups -OCH3 is 1. The Bertz CT molecular complexity index is 1230. The number of sulfonamides is 1. The molecule has 0 aromatic heterocycles. The number of nitrogens with one attached hydrogen (secondary N) is 2. The molecule has 2 atom stereocenters. The van der Waals surface area contributed by atoms with Crippen LogP contribution in [-0.4, -0.2) is 44.7 Å². The van der Waals surface area contributed by atoms with E-state index in [9.17, 15) is 22.8 Å². The van der Waals surface area contributed by atoms with Gasteiger partial charge in [-0.25, -0.2) is 8.42 Å². The Balaban J connectivity index is 1.51. The van der Waals surface area contributed by atoms with Crippen LogP contribution < -0.4 is 14.8 Å².